The Kier molecular flexibility index (Phi) is 2.74. The second-order valence-electron chi connectivity index (χ2n) is 3.93. The van der Waals surface area contributed by atoms with Crippen LogP contribution in [0.25, 0.3) is 6.08 Å². The van der Waals surface area contributed by atoms with Gasteiger partial charge < -0.3 is 10.4 Å². The van der Waals surface area contributed by atoms with Gasteiger partial charge in [0.25, 0.3) is 5.54 Å². The van der Waals surface area contributed by atoms with E-state index in [9.17, 15) is 18.0 Å². The highest BCUT2D eigenvalue weighted by Gasteiger charge is 2.61. The Balaban J connectivity index is 2.72. The van der Waals surface area contributed by atoms with E-state index in [2.05, 4.69) is 0 Å². The average molecular weight is 268 g/mol. The molecule has 1 aromatic carbocycles. The van der Waals surface area contributed by atoms with Gasteiger partial charge in [-0.3, -0.25) is 0 Å². The summed E-state index contributed by atoms with van der Waals surface area (Å²) in [5.41, 5.74) is -3.93. The summed E-state index contributed by atoms with van der Waals surface area (Å²) in [6, 6.07) is 6.90. The van der Waals surface area contributed by atoms with E-state index >= 15 is 0 Å². The molecule has 0 spiro atoms. The molecule has 1 heterocycles. The molecule has 0 saturated heterocycles. The van der Waals surface area contributed by atoms with Crippen molar-refractivity contribution < 1.29 is 23.1 Å². The molecule has 19 heavy (non-hydrogen) atoms. The topological polar surface area (TPSA) is 73.1 Å². The summed E-state index contributed by atoms with van der Waals surface area (Å²) in [7, 11) is 0. The second-order valence-corrected chi connectivity index (χ2v) is 3.93. The van der Waals surface area contributed by atoms with E-state index in [1.807, 2.05) is 5.32 Å². The first-order valence-electron chi connectivity index (χ1n) is 5.12. The number of anilines is 1. The number of rotatable bonds is 1. The van der Waals surface area contributed by atoms with Crippen molar-refractivity contribution in [3.63, 3.8) is 0 Å². The van der Waals surface area contributed by atoms with Crippen molar-refractivity contribution in [3.8, 4) is 6.07 Å². The molecule has 4 nitrogen and oxygen atoms in total. The summed E-state index contributed by atoms with van der Waals surface area (Å²) in [6.07, 6.45) is -4.19. The number of hydrogen-bond acceptors (Lipinski definition) is 3. The first kappa shape index (κ1) is 13.0. The van der Waals surface area contributed by atoms with Crippen LogP contribution in [-0.4, -0.2) is 22.8 Å². The summed E-state index contributed by atoms with van der Waals surface area (Å²) in [4.78, 5) is 11.0. The lowest BCUT2D eigenvalue weighted by atomic mass is 9.84. The van der Waals surface area contributed by atoms with Crippen LogP contribution in [0.4, 0.5) is 18.9 Å². The van der Waals surface area contributed by atoms with E-state index in [1.165, 1.54) is 18.2 Å². The lowest BCUT2D eigenvalue weighted by Crippen LogP contribution is -2.55. The normalized spacial score (nSPS) is 21.7. The first-order valence-corrected chi connectivity index (χ1v) is 5.12. The molecule has 0 saturated carbocycles. The predicted molar refractivity (Wildman–Crippen MR) is 60.1 cm³/mol. The molecule has 0 amide bonds. The SMILES string of the molecule is N#CC1(C(F)(F)F)Nc2ccccc2C=C1C(=O)O. The second kappa shape index (κ2) is 4.02. The number of carbonyl (C=O) groups is 1. The summed E-state index contributed by atoms with van der Waals surface area (Å²) in [5.74, 6) is -1.79. The number of aliphatic carboxylic acids is 1. The minimum absolute atomic E-state index is 0.0615. The minimum Gasteiger partial charge on any atom is -0.478 e. The number of fused-ring (bicyclic) bond motifs is 1. The number of para-hydroxylation sites is 1. The van der Waals surface area contributed by atoms with Crippen molar-refractivity contribution in [2.45, 2.75) is 11.7 Å². The van der Waals surface area contributed by atoms with Crippen molar-refractivity contribution >= 4 is 17.7 Å². The zero-order valence-electron chi connectivity index (χ0n) is 9.32. The molecule has 98 valence electrons. The van der Waals surface area contributed by atoms with E-state index in [0.29, 0.717) is 0 Å². The van der Waals surface area contributed by atoms with Crippen LogP contribution in [0.3, 0.4) is 0 Å². The predicted octanol–water partition coefficient (Wildman–Crippen LogP) is 2.40. The fraction of sp³-hybridized carbons (Fsp3) is 0.167. The van der Waals surface area contributed by atoms with E-state index in [-0.39, 0.29) is 11.3 Å². The zero-order valence-corrected chi connectivity index (χ0v) is 9.32. The van der Waals surface area contributed by atoms with Crippen LogP contribution in [-0.2, 0) is 4.79 Å². The number of halogens is 3. The standard InChI is InChI=1S/C12H7F3N2O2/c13-12(14,15)11(6-16)8(10(18)19)5-7-3-1-2-4-9(7)17-11/h1-5,17H,(H,18,19). The van der Waals surface area contributed by atoms with E-state index in [1.54, 1.807) is 6.07 Å². The Morgan fingerprint density at radius 1 is 1.37 bits per heavy atom. The molecule has 1 aliphatic rings. The van der Waals surface area contributed by atoms with Crippen LogP contribution in [0.2, 0.25) is 0 Å². The van der Waals surface area contributed by atoms with Gasteiger partial charge in [-0.1, -0.05) is 18.2 Å². The number of nitrogens with zero attached hydrogens (tertiary/aromatic N) is 1. The van der Waals surface area contributed by atoms with Gasteiger partial charge in [-0.15, -0.1) is 0 Å². The summed E-state index contributed by atoms with van der Waals surface area (Å²) < 4.78 is 39.3. The molecule has 0 bridgehead atoms. The molecular weight excluding hydrogens is 261 g/mol. The molecule has 7 heteroatoms. The number of alkyl halides is 3. The van der Waals surface area contributed by atoms with Crippen molar-refractivity contribution in [3.05, 3.63) is 35.4 Å². The van der Waals surface area contributed by atoms with Crippen molar-refractivity contribution in [2.24, 2.45) is 0 Å². The van der Waals surface area contributed by atoms with Crippen molar-refractivity contribution in [1.82, 2.24) is 0 Å². The molecule has 0 aliphatic carbocycles. The van der Waals surface area contributed by atoms with Gasteiger partial charge in [-0.2, -0.15) is 18.4 Å². The molecule has 0 fully saturated rings. The average Bonchev–Trinajstić information content (AvgIpc) is 2.35. The maximum atomic E-state index is 13.1. The Hall–Kier alpha value is -2.49. The van der Waals surface area contributed by atoms with Gasteiger partial charge in [-0.05, 0) is 17.7 Å². The monoisotopic (exact) mass is 268 g/mol. The molecule has 1 unspecified atom stereocenters. The lowest BCUT2D eigenvalue weighted by molar-refractivity contribution is -0.160. The maximum Gasteiger partial charge on any atom is 0.429 e. The Bertz CT molecular complexity index is 616. The number of nitriles is 1. The number of nitrogens with one attached hydrogen (secondary N) is 1. The highest BCUT2D eigenvalue weighted by Crippen LogP contribution is 2.43. The van der Waals surface area contributed by atoms with Crippen LogP contribution in [0, 0.1) is 11.3 Å². The molecule has 1 atom stereocenters. The van der Waals surface area contributed by atoms with Gasteiger partial charge in [0, 0.05) is 5.69 Å². The highest BCUT2D eigenvalue weighted by atomic mass is 19.4. The van der Waals surface area contributed by atoms with Crippen LogP contribution in [0.1, 0.15) is 5.56 Å². The smallest absolute Gasteiger partial charge is 0.429 e. The highest BCUT2D eigenvalue weighted by molar-refractivity contribution is 6.00. The Morgan fingerprint density at radius 3 is 2.53 bits per heavy atom. The number of benzene rings is 1. The number of hydrogen-bond donors (Lipinski definition) is 2. The summed E-state index contributed by atoms with van der Waals surface area (Å²) in [6.45, 7) is 0. The third-order valence-electron chi connectivity index (χ3n) is 2.81. The van der Waals surface area contributed by atoms with E-state index in [0.717, 1.165) is 12.1 Å². The quantitative estimate of drug-likeness (QED) is 0.820. The van der Waals surface area contributed by atoms with Gasteiger partial charge >= 0.3 is 12.1 Å². The van der Waals surface area contributed by atoms with Crippen LogP contribution in [0.5, 0.6) is 0 Å². The van der Waals surface area contributed by atoms with Gasteiger partial charge in [0.15, 0.2) is 0 Å². The molecular formula is C12H7F3N2O2. The Labute approximate surface area is 105 Å². The molecule has 0 aromatic heterocycles. The molecule has 2 rings (SSSR count). The van der Waals surface area contributed by atoms with Crippen molar-refractivity contribution in [2.75, 3.05) is 5.32 Å². The van der Waals surface area contributed by atoms with E-state index in [4.69, 9.17) is 10.4 Å². The molecule has 1 aromatic rings. The van der Waals surface area contributed by atoms with Gasteiger partial charge in [-0.25, -0.2) is 4.79 Å². The molecule has 0 radical (unpaired) electrons. The third-order valence-corrected chi connectivity index (χ3v) is 2.81. The lowest BCUT2D eigenvalue weighted by Gasteiger charge is -2.34. The maximum absolute atomic E-state index is 13.1. The van der Waals surface area contributed by atoms with Crippen LogP contribution >= 0.6 is 0 Å². The third kappa shape index (κ3) is 1.81. The van der Waals surface area contributed by atoms with E-state index < -0.39 is 23.3 Å². The largest absolute Gasteiger partial charge is 0.478 e. The number of carboxylic acid groups (broad SMARTS) is 1. The number of carboxylic acids is 1. The van der Waals surface area contributed by atoms with Crippen LogP contribution in [0.15, 0.2) is 29.8 Å². The minimum atomic E-state index is -5.06. The first-order chi connectivity index (χ1) is 8.82. The fourth-order valence-corrected chi connectivity index (χ4v) is 1.87. The Morgan fingerprint density at radius 2 is 2.00 bits per heavy atom. The van der Waals surface area contributed by atoms with Gasteiger partial charge in [0.2, 0.25) is 0 Å². The van der Waals surface area contributed by atoms with Crippen molar-refractivity contribution in [1.29, 1.82) is 5.26 Å². The van der Waals surface area contributed by atoms with Crippen LogP contribution < -0.4 is 5.32 Å². The fourth-order valence-electron chi connectivity index (χ4n) is 1.87. The zero-order chi connectivity index (χ0) is 14.3. The van der Waals surface area contributed by atoms with Gasteiger partial charge in [0.05, 0.1) is 5.57 Å². The summed E-state index contributed by atoms with van der Waals surface area (Å²) in [5, 5.41) is 19.8. The molecule has 1 aliphatic heterocycles. The summed E-state index contributed by atoms with van der Waals surface area (Å²) >= 11 is 0. The molecule has 2 N–H and O–H groups in total. The van der Waals surface area contributed by atoms with Gasteiger partial charge in [0.1, 0.15) is 6.07 Å².